The van der Waals surface area contributed by atoms with Gasteiger partial charge < -0.3 is 9.47 Å². The van der Waals surface area contributed by atoms with Crippen LogP contribution in [0.25, 0.3) is 43.9 Å². The van der Waals surface area contributed by atoms with Crippen molar-refractivity contribution in [1.82, 2.24) is 19.7 Å². The normalized spacial score (nSPS) is 11.5. The van der Waals surface area contributed by atoms with Crippen molar-refractivity contribution in [2.24, 2.45) is 0 Å². The second-order valence-corrected chi connectivity index (χ2v) is 14.2. The van der Waals surface area contributed by atoms with Crippen LogP contribution in [0.3, 0.4) is 0 Å². The van der Waals surface area contributed by atoms with Crippen molar-refractivity contribution in [3.05, 3.63) is 169 Å². The Bertz CT molecular complexity index is 2350. The molecule has 0 aliphatic carbocycles. The van der Waals surface area contributed by atoms with Gasteiger partial charge in [0.1, 0.15) is 17.6 Å². The van der Waals surface area contributed by atoms with E-state index in [1.165, 1.54) is 4.21 Å². The number of hydrogen-bond donors (Lipinski definition) is 0. The maximum Gasteiger partial charge on any atom is 0.161 e. The number of ether oxygens (including phenoxy) is 2. The van der Waals surface area contributed by atoms with Gasteiger partial charge in [0.15, 0.2) is 11.5 Å². The maximum atomic E-state index is 5.78. The van der Waals surface area contributed by atoms with Gasteiger partial charge in [-0.3, -0.25) is 4.68 Å². The quantitative estimate of drug-likeness (QED) is 0.104. The van der Waals surface area contributed by atoms with Crippen LogP contribution in [0, 0.1) is 0 Å². The van der Waals surface area contributed by atoms with E-state index in [2.05, 4.69) is 143 Å². The molecule has 6 nitrogen and oxygen atoms in total. The molecule has 0 spiro atoms. The molecule has 0 saturated heterocycles. The number of nitrogens with zero attached hydrogens (tertiary/aromatic N) is 4. The van der Waals surface area contributed by atoms with Gasteiger partial charge in [-0.25, -0.2) is 9.97 Å². The van der Waals surface area contributed by atoms with E-state index >= 15 is 0 Å². The SMILES string of the molecule is COc1ccc(-c2nn(C(c3ccccc3)(c3ccccc3)c3ccccc3)cc2-c2ccc3ncnc(-c4ccc(SC)s4)c3c2)cc1OC. The van der Waals surface area contributed by atoms with Crippen molar-refractivity contribution in [3.8, 4) is 44.5 Å². The number of thiophene rings is 1. The summed E-state index contributed by atoms with van der Waals surface area (Å²) >= 11 is 3.48. The number of aromatic nitrogens is 4. The van der Waals surface area contributed by atoms with Gasteiger partial charge in [0.2, 0.25) is 0 Å². The van der Waals surface area contributed by atoms with Crippen LogP contribution in [-0.2, 0) is 5.54 Å². The molecule has 0 amide bonds. The molecular formula is C43H34N4O2S2. The molecule has 8 heteroatoms. The van der Waals surface area contributed by atoms with E-state index < -0.39 is 5.54 Å². The lowest BCUT2D eigenvalue weighted by molar-refractivity contribution is 0.355. The Morgan fingerprint density at radius 1 is 0.627 bits per heavy atom. The average Bonchev–Trinajstić information content (AvgIpc) is 3.87. The third kappa shape index (κ3) is 5.76. The van der Waals surface area contributed by atoms with Crippen LogP contribution < -0.4 is 9.47 Å². The molecule has 0 fully saturated rings. The molecule has 0 unspecified atom stereocenters. The zero-order chi connectivity index (χ0) is 34.8. The van der Waals surface area contributed by atoms with Crippen LogP contribution >= 0.6 is 23.1 Å². The summed E-state index contributed by atoms with van der Waals surface area (Å²) in [5, 5.41) is 6.54. The molecule has 3 heterocycles. The Labute approximate surface area is 305 Å². The zero-order valence-corrected chi connectivity index (χ0v) is 30.0. The number of thioether (sulfide) groups is 1. The highest BCUT2D eigenvalue weighted by Gasteiger charge is 2.40. The highest BCUT2D eigenvalue weighted by molar-refractivity contribution is 8.00. The molecule has 0 bridgehead atoms. The number of benzene rings is 5. The smallest absolute Gasteiger partial charge is 0.161 e. The van der Waals surface area contributed by atoms with Gasteiger partial charge in [0.25, 0.3) is 0 Å². The third-order valence-corrected chi connectivity index (χ3v) is 11.4. The van der Waals surface area contributed by atoms with Crippen molar-refractivity contribution < 1.29 is 9.47 Å². The molecule has 250 valence electrons. The first kappa shape index (κ1) is 32.5. The minimum absolute atomic E-state index is 0.632. The van der Waals surface area contributed by atoms with Gasteiger partial charge in [0.05, 0.1) is 34.5 Å². The van der Waals surface area contributed by atoms with Crippen LogP contribution in [0.4, 0.5) is 0 Å². The summed E-state index contributed by atoms with van der Waals surface area (Å²) in [5.41, 5.74) is 7.93. The summed E-state index contributed by atoms with van der Waals surface area (Å²) in [6, 6.07) is 48.5. The Morgan fingerprint density at radius 2 is 1.25 bits per heavy atom. The van der Waals surface area contributed by atoms with E-state index in [-0.39, 0.29) is 0 Å². The molecule has 8 aromatic rings. The number of rotatable bonds is 10. The van der Waals surface area contributed by atoms with Gasteiger partial charge >= 0.3 is 0 Å². The molecule has 3 aromatic heterocycles. The summed E-state index contributed by atoms with van der Waals surface area (Å²) in [6.07, 6.45) is 5.93. The van der Waals surface area contributed by atoms with Crippen molar-refractivity contribution in [2.45, 2.75) is 9.75 Å². The zero-order valence-electron chi connectivity index (χ0n) is 28.4. The molecule has 5 aromatic carbocycles. The summed E-state index contributed by atoms with van der Waals surface area (Å²) in [5.74, 6) is 1.29. The largest absolute Gasteiger partial charge is 0.493 e. The second-order valence-electron chi connectivity index (χ2n) is 12.0. The van der Waals surface area contributed by atoms with E-state index in [4.69, 9.17) is 19.6 Å². The van der Waals surface area contributed by atoms with Gasteiger partial charge in [-0.15, -0.1) is 23.1 Å². The fourth-order valence-corrected chi connectivity index (χ4v) is 8.42. The monoisotopic (exact) mass is 702 g/mol. The number of methoxy groups -OCH3 is 2. The summed E-state index contributed by atoms with van der Waals surface area (Å²) < 4.78 is 14.8. The summed E-state index contributed by atoms with van der Waals surface area (Å²) in [6.45, 7) is 0. The van der Waals surface area contributed by atoms with Gasteiger partial charge in [-0.1, -0.05) is 97.1 Å². The van der Waals surface area contributed by atoms with Crippen molar-refractivity contribution in [3.63, 3.8) is 0 Å². The maximum absolute atomic E-state index is 5.78. The highest BCUT2D eigenvalue weighted by atomic mass is 32.2. The predicted molar refractivity (Wildman–Crippen MR) is 209 cm³/mol. The van der Waals surface area contributed by atoms with Gasteiger partial charge in [-0.2, -0.15) is 5.10 Å². The molecule has 0 atom stereocenters. The van der Waals surface area contributed by atoms with Crippen LogP contribution in [0.5, 0.6) is 11.5 Å². The second kappa shape index (κ2) is 13.9. The van der Waals surface area contributed by atoms with Crippen LogP contribution in [0.2, 0.25) is 0 Å². The fourth-order valence-electron chi connectivity index (χ4n) is 6.87. The molecule has 0 N–H and O–H groups in total. The lowest BCUT2D eigenvalue weighted by atomic mass is 9.77. The summed E-state index contributed by atoms with van der Waals surface area (Å²) in [7, 11) is 3.31. The van der Waals surface area contributed by atoms with E-state index in [0.29, 0.717) is 11.5 Å². The van der Waals surface area contributed by atoms with E-state index in [1.807, 2.05) is 18.2 Å². The van der Waals surface area contributed by atoms with Crippen LogP contribution in [0.15, 0.2) is 156 Å². The molecule has 0 aliphatic rings. The third-order valence-electron chi connectivity index (χ3n) is 9.25. The Kier molecular flexibility index (Phi) is 8.86. The number of hydrogen-bond acceptors (Lipinski definition) is 7. The van der Waals surface area contributed by atoms with Crippen LogP contribution in [-0.4, -0.2) is 40.2 Å². The predicted octanol–water partition coefficient (Wildman–Crippen LogP) is 10.5. The van der Waals surface area contributed by atoms with E-state index in [1.54, 1.807) is 43.6 Å². The van der Waals surface area contributed by atoms with E-state index in [0.717, 1.165) is 60.5 Å². The lowest BCUT2D eigenvalue weighted by Gasteiger charge is -2.36. The first-order chi connectivity index (χ1) is 25.1. The number of fused-ring (bicyclic) bond motifs is 1. The first-order valence-corrected chi connectivity index (χ1v) is 18.6. The summed E-state index contributed by atoms with van der Waals surface area (Å²) in [4.78, 5) is 10.5. The lowest BCUT2D eigenvalue weighted by Crippen LogP contribution is -2.38. The Morgan fingerprint density at radius 3 is 1.84 bits per heavy atom. The Hall–Kier alpha value is -5.70. The molecule has 8 rings (SSSR count). The van der Waals surface area contributed by atoms with Crippen molar-refractivity contribution in [2.75, 3.05) is 20.5 Å². The minimum Gasteiger partial charge on any atom is -0.493 e. The Balaban J connectivity index is 1.44. The molecule has 0 saturated carbocycles. The highest BCUT2D eigenvalue weighted by Crippen LogP contribution is 2.45. The average molecular weight is 703 g/mol. The molecule has 0 aliphatic heterocycles. The first-order valence-electron chi connectivity index (χ1n) is 16.5. The van der Waals surface area contributed by atoms with Gasteiger partial charge in [0, 0.05) is 22.7 Å². The topological polar surface area (TPSA) is 62.1 Å². The minimum atomic E-state index is -0.802. The van der Waals surface area contributed by atoms with Gasteiger partial charge in [-0.05, 0) is 71.0 Å². The van der Waals surface area contributed by atoms with Crippen molar-refractivity contribution >= 4 is 34.0 Å². The fraction of sp³-hybridized carbons (Fsp3) is 0.0930. The van der Waals surface area contributed by atoms with Crippen molar-refractivity contribution in [1.29, 1.82) is 0 Å². The van der Waals surface area contributed by atoms with Crippen LogP contribution in [0.1, 0.15) is 16.7 Å². The molecule has 0 radical (unpaired) electrons. The molecular weight excluding hydrogens is 669 g/mol. The van der Waals surface area contributed by atoms with E-state index in [9.17, 15) is 0 Å². The molecule has 51 heavy (non-hydrogen) atoms. The standard InChI is InChI=1S/C43H34N4O2S2/c1-48-37-22-20-30(26-38(37)49-2)41-35(29-19-21-36-34(25-29)42(45-28-44-36)39-23-24-40(50-3)51-39)27-47(46-41)43(31-13-7-4-8-14-31,32-15-9-5-10-16-32)33-17-11-6-12-18-33/h4-28H,1-3H3.